The van der Waals surface area contributed by atoms with Gasteiger partial charge in [-0.2, -0.15) is 5.26 Å². The van der Waals surface area contributed by atoms with E-state index in [4.69, 9.17) is 11.6 Å². The van der Waals surface area contributed by atoms with Crippen molar-refractivity contribution in [3.8, 4) is 6.07 Å². The number of alkyl halides is 1. The number of nitrogens with zero attached hydrogens (tertiary/aromatic N) is 2. The first-order valence-corrected chi connectivity index (χ1v) is 7.15. The fourth-order valence-electron chi connectivity index (χ4n) is 2.65. The third-order valence-electron chi connectivity index (χ3n) is 3.77. The summed E-state index contributed by atoms with van der Waals surface area (Å²) in [5, 5.41) is 9.27. The van der Waals surface area contributed by atoms with Gasteiger partial charge in [0.25, 0.3) is 0 Å². The quantitative estimate of drug-likeness (QED) is 0.772. The Morgan fingerprint density at radius 3 is 3.00 bits per heavy atom. The topological polar surface area (TPSA) is 27.0 Å². The fraction of sp³-hybridized carbons (Fsp3) is 0.533. The van der Waals surface area contributed by atoms with Crippen molar-refractivity contribution in [2.75, 3.05) is 18.0 Å². The van der Waals surface area contributed by atoms with Gasteiger partial charge >= 0.3 is 0 Å². The van der Waals surface area contributed by atoms with E-state index in [1.807, 2.05) is 18.2 Å². The molecule has 0 radical (unpaired) electrons. The maximum atomic E-state index is 9.27. The first-order valence-electron chi connectivity index (χ1n) is 6.62. The Bertz CT molecular complexity index is 450. The van der Waals surface area contributed by atoms with Crippen LogP contribution in [0.15, 0.2) is 18.2 Å². The number of rotatable bonds is 3. The van der Waals surface area contributed by atoms with Crippen LogP contribution in [-0.2, 0) is 5.88 Å². The molecule has 0 aliphatic carbocycles. The Labute approximate surface area is 114 Å². The molecule has 1 aromatic carbocycles. The van der Waals surface area contributed by atoms with E-state index in [1.165, 1.54) is 19.3 Å². The van der Waals surface area contributed by atoms with Gasteiger partial charge < -0.3 is 4.90 Å². The number of hydrogen-bond donors (Lipinski definition) is 0. The molecular weight excluding hydrogens is 244 g/mol. The van der Waals surface area contributed by atoms with Crippen LogP contribution in [0, 0.1) is 17.2 Å². The lowest BCUT2D eigenvalue weighted by atomic mass is 9.94. The van der Waals surface area contributed by atoms with Crippen LogP contribution in [0.3, 0.4) is 0 Å². The predicted molar refractivity (Wildman–Crippen MR) is 75.9 cm³/mol. The van der Waals surface area contributed by atoms with Crippen LogP contribution in [0.4, 0.5) is 5.69 Å². The second kappa shape index (κ2) is 6.11. The summed E-state index contributed by atoms with van der Waals surface area (Å²) in [5.74, 6) is 1.23. The highest BCUT2D eigenvalue weighted by Gasteiger charge is 2.20. The van der Waals surface area contributed by atoms with Gasteiger partial charge in [-0.1, -0.05) is 19.4 Å². The normalized spacial score (nSPS) is 19.6. The van der Waals surface area contributed by atoms with Gasteiger partial charge in [-0.05, 0) is 36.5 Å². The molecule has 18 heavy (non-hydrogen) atoms. The van der Waals surface area contributed by atoms with E-state index in [-0.39, 0.29) is 0 Å². The number of piperidine rings is 1. The Kier molecular flexibility index (Phi) is 4.49. The molecule has 3 heteroatoms. The molecule has 1 fully saturated rings. The molecule has 1 aliphatic heterocycles. The van der Waals surface area contributed by atoms with Crippen LogP contribution in [0.2, 0.25) is 0 Å². The largest absolute Gasteiger partial charge is 0.370 e. The first kappa shape index (κ1) is 13.2. The summed E-state index contributed by atoms with van der Waals surface area (Å²) in [6.45, 7) is 4.38. The minimum atomic E-state index is 0.465. The lowest BCUT2D eigenvalue weighted by molar-refractivity contribution is 0.404. The smallest absolute Gasteiger partial charge is 0.101 e. The van der Waals surface area contributed by atoms with Gasteiger partial charge in [0.2, 0.25) is 0 Å². The summed E-state index contributed by atoms with van der Waals surface area (Å²) < 4.78 is 0. The molecule has 1 saturated heterocycles. The van der Waals surface area contributed by atoms with Crippen molar-refractivity contribution >= 4 is 17.3 Å². The monoisotopic (exact) mass is 262 g/mol. The van der Waals surface area contributed by atoms with Crippen molar-refractivity contribution in [1.29, 1.82) is 5.26 Å². The van der Waals surface area contributed by atoms with Crippen molar-refractivity contribution < 1.29 is 0 Å². The molecule has 0 bridgehead atoms. The molecule has 0 aromatic heterocycles. The summed E-state index contributed by atoms with van der Waals surface area (Å²) in [7, 11) is 0. The first-order chi connectivity index (χ1) is 8.78. The third-order valence-corrected chi connectivity index (χ3v) is 4.08. The van der Waals surface area contributed by atoms with Crippen LogP contribution in [-0.4, -0.2) is 13.1 Å². The van der Waals surface area contributed by atoms with E-state index in [1.54, 1.807) is 0 Å². The van der Waals surface area contributed by atoms with Crippen LogP contribution in [0.25, 0.3) is 0 Å². The van der Waals surface area contributed by atoms with E-state index in [0.717, 1.165) is 35.8 Å². The zero-order chi connectivity index (χ0) is 13.0. The Morgan fingerprint density at radius 2 is 2.33 bits per heavy atom. The average Bonchev–Trinajstić information content (AvgIpc) is 2.46. The molecule has 2 nitrogen and oxygen atoms in total. The standard InChI is InChI=1S/C15H19ClN2/c1-2-12-4-3-7-18(11-12)15-6-5-13(9-16)8-14(15)10-17/h5-6,8,12H,2-4,7,9,11H2,1H3. The molecule has 0 N–H and O–H groups in total. The molecule has 2 rings (SSSR count). The van der Waals surface area contributed by atoms with Gasteiger partial charge in [0.15, 0.2) is 0 Å². The minimum Gasteiger partial charge on any atom is -0.370 e. The van der Waals surface area contributed by atoms with E-state index in [0.29, 0.717) is 5.88 Å². The van der Waals surface area contributed by atoms with Crippen LogP contribution in [0.1, 0.15) is 37.3 Å². The van der Waals surface area contributed by atoms with Crippen molar-refractivity contribution in [2.45, 2.75) is 32.1 Å². The third kappa shape index (κ3) is 2.79. The Morgan fingerprint density at radius 1 is 1.50 bits per heavy atom. The summed E-state index contributed by atoms with van der Waals surface area (Å²) in [5.41, 5.74) is 2.84. The van der Waals surface area contributed by atoms with Gasteiger partial charge in [-0.25, -0.2) is 0 Å². The maximum Gasteiger partial charge on any atom is 0.101 e. The molecule has 0 amide bonds. The van der Waals surface area contributed by atoms with E-state index >= 15 is 0 Å². The van der Waals surface area contributed by atoms with E-state index in [9.17, 15) is 5.26 Å². The van der Waals surface area contributed by atoms with E-state index < -0.39 is 0 Å². The summed E-state index contributed by atoms with van der Waals surface area (Å²) in [6.07, 6.45) is 3.76. The average molecular weight is 263 g/mol. The fourth-order valence-corrected chi connectivity index (χ4v) is 2.81. The number of nitriles is 1. The SMILES string of the molecule is CCC1CCCN(c2ccc(CCl)cc2C#N)C1. The summed E-state index contributed by atoms with van der Waals surface area (Å²) >= 11 is 5.82. The highest BCUT2D eigenvalue weighted by Crippen LogP contribution is 2.28. The number of halogens is 1. The highest BCUT2D eigenvalue weighted by atomic mass is 35.5. The number of anilines is 1. The second-order valence-corrected chi connectivity index (χ2v) is 5.23. The summed E-state index contributed by atoms with van der Waals surface area (Å²) in [6, 6.07) is 8.29. The van der Waals surface area contributed by atoms with Crippen LogP contribution >= 0.6 is 11.6 Å². The van der Waals surface area contributed by atoms with Crippen molar-refractivity contribution in [1.82, 2.24) is 0 Å². The molecule has 96 valence electrons. The Hall–Kier alpha value is -1.20. The molecule has 1 unspecified atom stereocenters. The molecule has 1 aliphatic rings. The molecule has 1 aromatic rings. The lowest BCUT2D eigenvalue weighted by Crippen LogP contribution is -2.35. The van der Waals surface area contributed by atoms with Gasteiger partial charge in [-0.3, -0.25) is 0 Å². The predicted octanol–water partition coefficient (Wildman–Crippen LogP) is 3.92. The maximum absolute atomic E-state index is 9.27. The molecule has 1 heterocycles. The van der Waals surface area contributed by atoms with Gasteiger partial charge in [0, 0.05) is 19.0 Å². The van der Waals surface area contributed by atoms with Crippen molar-refractivity contribution in [2.24, 2.45) is 5.92 Å². The van der Waals surface area contributed by atoms with Gasteiger partial charge in [-0.15, -0.1) is 11.6 Å². The molecule has 1 atom stereocenters. The lowest BCUT2D eigenvalue weighted by Gasteiger charge is -2.34. The summed E-state index contributed by atoms with van der Waals surface area (Å²) in [4.78, 5) is 2.36. The minimum absolute atomic E-state index is 0.465. The number of benzene rings is 1. The number of hydrogen-bond acceptors (Lipinski definition) is 2. The van der Waals surface area contributed by atoms with Crippen LogP contribution < -0.4 is 4.90 Å². The van der Waals surface area contributed by atoms with E-state index in [2.05, 4.69) is 17.9 Å². The van der Waals surface area contributed by atoms with Crippen molar-refractivity contribution in [3.63, 3.8) is 0 Å². The Balaban J connectivity index is 2.24. The molecule has 0 spiro atoms. The van der Waals surface area contributed by atoms with Crippen LogP contribution in [0.5, 0.6) is 0 Å². The second-order valence-electron chi connectivity index (χ2n) is 4.96. The molecule has 0 saturated carbocycles. The highest BCUT2D eigenvalue weighted by molar-refractivity contribution is 6.17. The van der Waals surface area contributed by atoms with Gasteiger partial charge in [0.1, 0.15) is 6.07 Å². The van der Waals surface area contributed by atoms with Gasteiger partial charge in [0.05, 0.1) is 11.3 Å². The zero-order valence-corrected chi connectivity index (χ0v) is 11.6. The molecular formula is C15H19ClN2. The van der Waals surface area contributed by atoms with Crippen molar-refractivity contribution in [3.05, 3.63) is 29.3 Å². The zero-order valence-electron chi connectivity index (χ0n) is 10.8.